The predicted octanol–water partition coefficient (Wildman–Crippen LogP) is 3.90. The lowest BCUT2D eigenvalue weighted by atomic mass is 9.63. The summed E-state index contributed by atoms with van der Waals surface area (Å²) in [7, 11) is 0. The van der Waals surface area contributed by atoms with Crippen LogP contribution in [0.3, 0.4) is 0 Å². The zero-order valence-corrected chi connectivity index (χ0v) is 14.6. The third-order valence-corrected chi connectivity index (χ3v) is 6.11. The first kappa shape index (κ1) is 15.4. The molecule has 0 radical (unpaired) electrons. The number of nitrogens with zero attached hydrogens (tertiary/aromatic N) is 3. The van der Waals surface area contributed by atoms with Gasteiger partial charge in [0.2, 0.25) is 0 Å². The number of hydrogen-bond donors (Lipinski definition) is 0. The first-order chi connectivity index (χ1) is 11.6. The SMILES string of the molecule is Cc1ccccc1-n1ncc(C(=O)N2CCC3(CCC3)CC2)c1C. The minimum Gasteiger partial charge on any atom is -0.339 e. The average molecular weight is 323 g/mol. The summed E-state index contributed by atoms with van der Waals surface area (Å²) >= 11 is 0. The molecule has 4 heteroatoms. The van der Waals surface area contributed by atoms with E-state index in [2.05, 4.69) is 18.1 Å². The number of piperidine rings is 1. The molecule has 2 fully saturated rings. The molecule has 0 bridgehead atoms. The summed E-state index contributed by atoms with van der Waals surface area (Å²) in [4.78, 5) is 15.0. The van der Waals surface area contributed by atoms with Gasteiger partial charge in [0.15, 0.2) is 0 Å². The molecule has 1 amide bonds. The van der Waals surface area contributed by atoms with Crippen LogP contribution < -0.4 is 0 Å². The van der Waals surface area contributed by atoms with Gasteiger partial charge in [0.1, 0.15) is 0 Å². The molecule has 1 saturated heterocycles. The second-order valence-electron chi connectivity index (χ2n) is 7.49. The number of hydrogen-bond acceptors (Lipinski definition) is 2. The fourth-order valence-corrected chi connectivity index (χ4v) is 4.19. The standard InChI is InChI=1S/C20H25N3O/c1-15-6-3-4-7-18(15)23-16(2)17(14-21-23)19(24)22-12-10-20(11-13-22)8-5-9-20/h3-4,6-7,14H,5,8-13H2,1-2H3. The van der Waals surface area contributed by atoms with Crippen molar-refractivity contribution >= 4 is 5.91 Å². The molecule has 1 saturated carbocycles. The first-order valence-electron chi connectivity index (χ1n) is 9.00. The Morgan fingerprint density at radius 2 is 1.79 bits per heavy atom. The Labute approximate surface area is 143 Å². The van der Waals surface area contributed by atoms with Gasteiger partial charge in [-0.15, -0.1) is 0 Å². The van der Waals surface area contributed by atoms with E-state index in [9.17, 15) is 4.79 Å². The third-order valence-electron chi connectivity index (χ3n) is 6.11. The van der Waals surface area contributed by atoms with Gasteiger partial charge >= 0.3 is 0 Å². The zero-order valence-electron chi connectivity index (χ0n) is 14.6. The normalized spacial score (nSPS) is 19.3. The van der Waals surface area contributed by atoms with E-state index in [0.717, 1.165) is 35.6 Å². The van der Waals surface area contributed by atoms with E-state index in [1.165, 1.54) is 32.1 Å². The number of likely N-dealkylation sites (tertiary alicyclic amines) is 1. The van der Waals surface area contributed by atoms with Crippen molar-refractivity contribution in [2.24, 2.45) is 5.41 Å². The second-order valence-corrected chi connectivity index (χ2v) is 7.49. The smallest absolute Gasteiger partial charge is 0.257 e. The fourth-order valence-electron chi connectivity index (χ4n) is 4.19. The topological polar surface area (TPSA) is 38.1 Å². The Bertz CT molecular complexity index is 763. The molecule has 126 valence electrons. The summed E-state index contributed by atoms with van der Waals surface area (Å²) in [5.41, 5.74) is 4.44. The van der Waals surface area contributed by atoms with E-state index in [4.69, 9.17) is 0 Å². The largest absolute Gasteiger partial charge is 0.339 e. The predicted molar refractivity (Wildman–Crippen MR) is 94.5 cm³/mol. The highest BCUT2D eigenvalue weighted by atomic mass is 16.2. The minimum atomic E-state index is 0.140. The molecule has 4 nitrogen and oxygen atoms in total. The quantitative estimate of drug-likeness (QED) is 0.841. The van der Waals surface area contributed by atoms with Crippen LogP contribution in [0.4, 0.5) is 0 Å². The van der Waals surface area contributed by atoms with E-state index in [1.807, 2.05) is 34.7 Å². The van der Waals surface area contributed by atoms with Crippen LogP contribution in [0, 0.1) is 19.3 Å². The Kier molecular flexibility index (Phi) is 3.70. The van der Waals surface area contributed by atoms with Crippen LogP contribution in [-0.4, -0.2) is 33.7 Å². The molecule has 0 atom stereocenters. The molecular formula is C20H25N3O. The second kappa shape index (κ2) is 5.76. The monoisotopic (exact) mass is 323 g/mol. The van der Waals surface area contributed by atoms with Crippen molar-refractivity contribution in [2.45, 2.75) is 46.0 Å². The molecule has 1 aromatic heterocycles. The molecular weight excluding hydrogens is 298 g/mol. The maximum absolute atomic E-state index is 12.9. The lowest BCUT2D eigenvalue weighted by Crippen LogP contribution is -2.45. The molecule has 2 aliphatic rings. The Morgan fingerprint density at radius 1 is 1.08 bits per heavy atom. The lowest BCUT2D eigenvalue weighted by molar-refractivity contribution is 0.0286. The van der Waals surface area contributed by atoms with Crippen molar-refractivity contribution < 1.29 is 4.79 Å². The van der Waals surface area contributed by atoms with Gasteiger partial charge in [-0.3, -0.25) is 4.79 Å². The van der Waals surface area contributed by atoms with Gasteiger partial charge in [0.05, 0.1) is 23.1 Å². The average Bonchev–Trinajstić information content (AvgIpc) is 2.95. The molecule has 1 aliphatic carbocycles. The summed E-state index contributed by atoms with van der Waals surface area (Å²) in [6, 6.07) is 8.15. The summed E-state index contributed by atoms with van der Waals surface area (Å²) < 4.78 is 1.89. The van der Waals surface area contributed by atoms with Crippen LogP contribution in [0.1, 0.15) is 53.7 Å². The molecule has 1 aromatic carbocycles. The lowest BCUT2D eigenvalue weighted by Gasteiger charge is -2.48. The maximum atomic E-state index is 12.9. The third kappa shape index (κ3) is 2.45. The molecule has 4 rings (SSSR count). The molecule has 0 N–H and O–H groups in total. The van der Waals surface area contributed by atoms with Crippen LogP contribution in [0.5, 0.6) is 0 Å². The van der Waals surface area contributed by atoms with E-state index in [0.29, 0.717) is 5.41 Å². The van der Waals surface area contributed by atoms with Crippen molar-refractivity contribution in [2.75, 3.05) is 13.1 Å². The van der Waals surface area contributed by atoms with Gasteiger partial charge < -0.3 is 4.90 Å². The number of rotatable bonds is 2. The zero-order chi connectivity index (χ0) is 16.7. The van der Waals surface area contributed by atoms with E-state index < -0.39 is 0 Å². The molecule has 2 aromatic rings. The van der Waals surface area contributed by atoms with E-state index in [-0.39, 0.29) is 5.91 Å². The first-order valence-corrected chi connectivity index (χ1v) is 9.00. The Hall–Kier alpha value is -2.10. The summed E-state index contributed by atoms with van der Waals surface area (Å²) in [6.07, 6.45) is 8.17. The fraction of sp³-hybridized carbons (Fsp3) is 0.500. The molecule has 24 heavy (non-hydrogen) atoms. The highest BCUT2D eigenvalue weighted by Gasteiger charge is 2.40. The van der Waals surface area contributed by atoms with Crippen molar-refractivity contribution in [3.8, 4) is 5.69 Å². The van der Waals surface area contributed by atoms with Gasteiger partial charge in [-0.1, -0.05) is 24.6 Å². The number of carbonyl (C=O) groups is 1. The van der Waals surface area contributed by atoms with Crippen LogP contribution >= 0.6 is 0 Å². The van der Waals surface area contributed by atoms with Crippen LogP contribution in [0.15, 0.2) is 30.5 Å². The summed E-state index contributed by atoms with van der Waals surface area (Å²) in [5.74, 6) is 0.140. The van der Waals surface area contributed by atoms with Crippen LogP contribution in [0.25, 0.3) is 5.69 Å². The molecule has 0 unspecified atom stereocenters. The molecule has 2 heterocycles. The van der Waals surface area contributed by atoms with Crippen molar-refractivity contribution in [3.63, 3.8) is 0 Å². The van der Waals surface area contributed by atoms with Gasteiger partial charge in [-0.05, 0) is 56.6 Å². The number of aromatic nitrogens is 2. The van der Waals surface area contributed by atoms with E-state index in [1.54, 1.807) is 6.20 Å². The van der Waals surface area contributed by atoms with Crippen molar-refractivity contribution in [1.82, 2.24) is 14.7 Å². The van der Waals surface area contributed by atoms with Crippen molar-refractivity contribution in [1.29, 1.82) is 0 Å². The summed E-state index contributed by atoms with van der Waals surface area (Å²) in [5, 5.41) is 4.49. The number of para-hydroxylation sites is 1. The van der Waals surface area contributed by atoms with Gasteiger partial charge in [0.25, 0.3) is 5.91 Å². The van der Waals surface area contributed by atoms with Gasteiger partial charge in [0, 0.05) is 13.1 Å². The number of carbonyl (C=O) groups excluding carboxylic acids is 1. The number of benzene rings is 1. The number of amides is 1. The number of aryl methyl sites for hydroxylation is 1. The maximum Gasteiger partial charge on any atom is 0.257 e. The molecule has 1 spiro atoms. The Balaban J connectivity index is 1.55. The Morgan fingerprint density at radius 3 is 2.42 bits per heavy atom. The van der Waals surface area contributed by atoms with Crippen molar-refractivity contribution in [3.05, 3.63) is 47.3 Å². The van der Waals surface area contributed by atoms with Crippen LogP contribution in [0.2, 0.25) is 0 Å². The van der Waals surface area contributed by atoms with E-state index >= 15 is 0 Å². The highest BCUT2D eigenvalue weighted by Crippen LogP contribution is 2.48. The van der Waals surface area contributed by atoms with Gasteiger partial charge in [-0.2, -0.15) is 5.10 Å². The summed E-state index contributed by atoms with van der Waals surface area (Å²) in [6.45, 7) is 5.85. The highest BCUT2D eigenvalue weighted by molar-refractivity contribution is 5.95. The van der Waals surface area contributed by atoms with Crippen LogP contribution in [-0.2, 0) is 0 Å². The molecule has 1 aliphatic heterocycles. The minimum absolute atomic E-state index is 0.140. The van der Waals surface area contributed by atoms with Gasteiger partial charge in [-0.25, -0.2) is 4.68 Å².